The van der Waals surface area contributed by atoms with E-state index in [-0.39, 0.29) is 0 Å². The summed E-state index contributed by atoms with van der Waals surface area (Å²) in [4.78, 5) is 0. The fourth-order valence-corrected chi connectivity index (χ4v) is 14.7. The molecule has 0 aliphatic carbocycles. The number of benzene rings is 14. The summed E-state index contributed by atoms with van der Waals surface area (Å²) in [5, 5.41) is 12.1. The van der Waals surface area contributed by atoms with E-state index in [0.29, 0.717) is 0 Å². The van der Waals surface area contributed by atoms with E-state index in [2.05, 4.69) is 322 Å². The molecule has 5 nitrogen and oxygen atoms in total. The molecule has 0 radical (unpaired) electrons. The Balaban J connectivity index is 0.670. The molecule has 0 spiro atoms. The summed E-state index contributed by atoms with van der Waals surface area (Å²) in [6.07, 6.45) is 0. The van der Waals surface area contributed by atoms with Crippen LogP contribution in [0.15, 0.2) is 320 Å². The molecule has 5 heteroatoms. The third-order valence-corrected chi connectivity index (χ3v) is 18.7. The first-order chi connectivity index (χ1) is 44.1. The Morgan fingerprint density at radius 1 is 0.157 bits per heavy atom. The van der Waals surface area contributed by atoms with E-state index >= 15 is 0 Å². The molecule has 5 heterocycles. The van der Waals surface area contributed by atoms with E-state index in [1.54, 1.807) is 0 Å². The molecule has 0 aliphatic rings. The van der Waals surface area contributed by atoms with Gasteiger partial charge in [0.25, 0.3) is 0 Å². The van der Waals surface area contributed by atoms with Crippen LogP contribution < -0.4 is 0 Å². The van der Waals surface area contributed by atoms with E-state index in [0.717, 1.165) is 61.3 Å². The Labute approximate surface area is 511 Å². The lowest BCUT2D eigenvalue weighted by Gasteiger charge is -2.13. The molecule has 89 heavy (non-hydrogen) atoms. The maximum Gasteiger partial charge on any atom is 0.135 e. The van der Waals surface area contributed by atoms with E-state index < -0.39 is 0 Å². The number of aromatic nitrogens is 4. The minimum atomic E-state index is 0.906. The van der Waals surface area contributed by atoms with Gasteiger partial charge in [-0.1, -0.05) is 182 Å². The van der Waals surface area contributed by atoms with E-state index in [9.17, 15) is 0 Å². The predicted molar refractivity (Wildman–Crippen MR) is 373 cm³/mol. The van der Waals surface area contributed by atoms with E-state index in [1.807, 2.05) is 12.1 Å². The van der Waals surface area contributed by atoms with Crippen molar-refractivity contribution in [3.63, 3.8) is 0 Å². The number of para-hydroxylation sites is 6. The molecule has 0 fully saturated rings. The van der Waals surface area contributed by atoms with Gasteiger partial charge in [0, 0.05) is 76.6 Å². The van der Waals surface area contributed by atoms with Crippen molar-refractivity contribution >= 4 is 109 Å². The van der Waals surface area contributed by atoms with Gasteiger partial charge in [-0.25, -0.2) is 0 Å². The summed E-state index contributed by atoms with van der Waals surface area (Å²) in [5.74, 6) is 0. The lowest BCUT2D eigenvalue weighted by molar-refractivity contribution is 0.669. The molecule has 19 rings (SSSR count). The summed E-state index contributed by atoms with van der Waals surface area (Å²) in [5.41, 5.74) is 25.1. The first kappa shape index (κ1) is 49.4. The molecule has 0 aliphatic heterocycles. The zero-order valence-corrected chi connectivity index (χ0v) is 48.2. The standard InChI is InChI=1S/C84H52N4O/c1-7-31-75-65(25-1)66-26-2-8-32-76(66)85(75)61-21-14-19-55(46-61)58-38-42-80-72(49-58)67-27-3-9-33-77(67)86(80)62-22-15-20-56(47-62)59-39-43-82-73(50-59)69-29-5-11-35-79(69)88(82)64-24-16-23-63(52-64)87-78-34-10-4-28-68(78)71-48-57(37-41-81(71)87)53-17-13-18-54(45-53)60-40-44-84-74(51-60)70-30-6-12-36-83(70)89-84/h1-52H. The fourth-order valence-electron chi connectivity index (χ4n) is 14.7. The quantitative estimate of drug-likeness (QED) is 0.149. The minimum Gasteiger partial charge on any atom is -0.456 e. The van der Waals surface area contributed by atoms with Gasteiger partial charge >= 0.3 is 0 Å². The van der Waals surface area contributed by atoms with Crippen molar-refractivity contribution in [1.29, 1.82) is 0 Å². The van der Waals surface area contributed by atoms with Gasteiger partial charge in [-0.3, -0.25) is 0 Å². The van der Waals surface area contributed by atoms with Crippen LogP contribution in [0, 0.1) is 0 Å². The highest BCUT2D eigenvalue weighted by Crippen LogP contribution is 2.42. The normalized spacial score (nSPS) is 12.0. The first-order valence-electron chi connectivity index (χ1n) is 30.5. The fraction of sp³-hybridized carbons (Fsp3) is 0. The van der Waals surface area contributed by atoms with Crippen LogP contribution in [-0.4, -0.2) is 18.3 Å². The maximum absolute atomic E-state index is 6.18. The molecule has 0 unspecified atom stereocenters. The lowest BCUT2D eigenvalue weighted by Crippen LogP contribution is -1.98. The molecule has 0 bridgehead atoms. The number of nitrogens with zero attached hydrogens (tertiary/aromatic N) is 4. The Morgan fingerprint density at radius 2 is 0.427 bits per heavy atom. The Kier molecular flexibility index (Phi) is 10.7. The highest BCUT2D eigenvalue weighted by atomic mass is 16.3. The molecule has 0 atom stereocenters. The molecule has 0 amide bonds. The largest absolute Gasteiger partial charge is 0.456 e. The van der Waals surface area contributed by atoms with Gasteiger partial charge in [-0.05, 0) is 178 Å². The van der Waals surface area contributed by atoms with Gasteiger partial charge in [0.1, 0.15) is 11.2 Å². The van der Waals surface area contributed by atoms with Crippen LogP contribution in [0.25, 0.3) is 176 Å². The topological polar surface area (TPSA) is 32.9 Å². The summed E-state index contributed by atoms with van der Waals surface area (Å²) in [6.45, 7) is 0. The van der Waals surface area contributed by atoms with Crippen molar-refractivity contribution in [1.82, 2.24) is 18.3 Å². The second-order valence-electron chi connectivity index (χ2n) is 23.6. The van der Waals surface area contributed by atoms with Crippen LogP contribution in [-0.2, 0) is 0 Å². The molecular weight excluding hydrogens is 1080 g/mol. The second kappa shape index (κ2) is 19.3. The molecule has 0 saturated heterocycles. The van der Waals surface area contributed by atoms with Crippen molar-refractivity contribution in [3.05, 3.63) is 315 Å². The smallest absolute Gasteiger partial charge is 0.135 e. The molecule has 0 saturated carbocycles. The van der Waals surface area contributed by atoms with Crippen LogP contribution in [0.5, 0.6) is 0 Å². The Bertz CT molecular complexity index is 6080. The van der Waals surface area contributed by atoms with Crippen LogP contribution in [0.2, 0.25) is 0 Å². The van der Waals surface area contributed by atoms with Gasteiger partial charge in [0.2, 0.25) is 0 Å². The third kappa shape index (κ3) is 7.62. The highest BCUT2D eigenvalue weighted by Gasteiger charge is 2.20. The number of hydrogen-bond donors (Lipinski definition) is 0. The first-order valence-corrected chi connectivity index (χ1v) is 30.5. The zero-order chi connectivity index (χ0) is 58.3. The summed E-state index contributed by atoms with van der Waals surface area (Å²) < 4.78 is 15.9. The number of fused-ring (bicyclic) bond motifs is 15. The van der Waals surface area contributed by atoms with Gasteiger partial charge in [-0.2, -0.15) is 0 Å². The number of hydrogen-bond acceptors (Lipinski definition) is 1. The average Bonchev–Trinajstić information content (AvgIpc) is 1.79. The van der Waals surface area contributed by atoms with E-state index in [4.69, 9.17) is 4.42 Å². The van der Waals surface area contributed by atoms with Crippen LogP contribution in [0.1, 0.15) is 0 Å². The van der Waals surface area contributed by atoms with Gasteiger partial charge in [0.05, 0.1) is 44.1 Å². The van der Waals surface area contributed by atoms with Crippen molar-refractivity contribution in [3.8, 4) is 67.3 Å². The lowest BCUT2D eigenvalue weighted by atomic mass is 9.97. The predicted octanol–water partition coefficient (Wildman–Crippen LogP) is 22.6. The van der Waals surface area contributed by atoms with Gasteiger partial charge < -0.3 is 22.7 Å². The number of rotatable bonds is 8. The van der Waals surface area contributed by atoms with Crippen molar-refractivity contribution < 1.29 is 4.42 Å². The number of furan rings is 1. The summed E-state index contributed by atoms with van der Waals surface area (Å²) in [6, 6.07) is 116. The molecule has 414 valence electrons. The summed E-state index contributed by atoms with van der Waals surface area (Å²) in [7, 11) is 0. The SMILES string of the molecule is c1cc(-c2ccc3oc4ccccc4c3c2)cc(-c2ccc3c(c2)c2ccccc2n3-c2cccc(-n3c4ccccc4c4cc(-c5cccc(-n6c7ccccc7c7cc(-c8cccc(-n9c%10ccccc%10c%10ccccc%109)c8)ccc76)c5)ccc43)c2)c1. The van der Waals surface area contributed by atoms with Crippen LogP contribution in [0.3, 0.4) is 0 Å². The van der Waals surface area contributed by atoms with Crippen molar-refractivity contribution in [2.45, 2.75) is 0 Å². The Morgan fingerprint density at radius 3 is 0.843 bits per heavy atom. The zero-order valence-electron chi connectivity index (χ0n) is 48.2. The van der Waals surface area contributed by atoms with Crippen molar-refractivity contribution in [2.24, 2.45) is 0 Å². The summed E-state index contributed by atoms with van der Waals surface area (Å²) >= 11 is 0. The minimum absolute atomic E-state index is 0.906. The van der Waals surface area contributed by atoms with Gasteiger partial charge in [0.15, 0.2) is 0 Å². The third-order valence-electron chi connectivity index (χ3n) is 18.7. The molecule has 5 aromatic heterocycles. The second-order valence-corrected chi connectivity index (χ2v) is 23.6. The molecular formula is C84H52N4O. The molecule has 0 N–H and O–H groups in total. The van der Waals surface area contributed by atoms with Crippen LogP contribution in [0.4, 0.5) is 0 Å². The van der Waals surface area contributed by atoms with E-state index in [1.165, 1.54) is 115 Å². The van der Waals surface area contributed by atoms with Crippen LogP contribution >= 0.6 is 0 Å². The monoisotopic (exact) mass is 1130 g/mol. The maximum atomic E-state index is 6.18. The molecule has 19 aromatic rings. The van der Waals surface area contributed by atoms with Gasteiger partial charge in [-0.15, -0.1) is 0 Å². The molecule has 14 aromatic carbocycles. The van der Waals surface area contributed by atoms with Crippen molar-refractivity contribution in [2.75, 3.05) is 0 Å². The highest BCUT2D eigenvalue weighted by molar-refractivity contribution is 6.14. The Hall–Kier alpha value is -11.9. The average molecular weight is 1130 g/mol.